The van der Waals surface area contributed by atoms with Crippen molar-refractivity contribution in [3.8, 4) is 23.0 Å². The summed E-state index contributed by atoms with van der Waals surface area (Å²) < 4.78 is 0. The summed E-state index contributed by atoms with van der Waals surface area (Å²) in [5.74, 6) is -13.6. The average Bonchev–Trinajstić information content (AvgIpc) is 3.38. The van der Waals surface area contributed by atoms with Gasteiger partial charge in [-0.25, -0.2) is 0 Å². The Morgan fingerprint density at radius 3 is 1.43 bits per heavy atom. The van der Waals surface area contributed by atoms with Crippen molar-refractivity contribution >= 4 is 65.0 Å². The van der Waals surface area contributed by atoms with Gasteiger partial charge in [0.15, 0.2) is 28.8 Å². The molecule has 0 bridgehead atoms. The van der Waals surface area contributed by atoms with E-state index in [0.717, 1.165) is 12.1 Å². The van der Waals surface area contributed by atoms with Crippen LogP contribution in [-0.2, 0) is 65.6 Å². The van der Waals surface area contributed by atoms with Gasteiger partial charge in [-0.3, -0.25) is 52.7 Å². The molecule has 0 radical (unpaired) electrons. The minimum Gasteiger partial charge on any atom is -0.504 e. The molecule has 0 aliphatic heterocycles. The minimum atomic E-state index is -1.58. The highest BCUT2D eigenvalue weighted by Crippen LogP contribution is 2.26. The first-order valence-corrected chi connectivity index (χ1v) is 26.3. The molecule has 80 heavy (non-hydrogen) atoms. The molecule has 0 aliphatic carbocycles. The first kappa shape index (κ1) is 68.0. The number of Topliss-reactive ketones (excluding diaryl/α,β-unsaturated/α-hetero) is 1. The van der Waals surface area contributed by atoms with Gasteiger partial charge >= 0.3 is 17.9 Å². The second-order valence-corrected chi connectivity index (χ2v) is 20.4. The molecular weight excluding hydrogens is 1050 g/mol. The molecular formula is C53H79N9O18. The number of carbonyl (C=O) groups excluding carboxylic acids is 8. The van der Waals surface area contributed by atoms with Gasteiger partial charge in [0.05, 0.1) is 25.2 Å². The standard InChI is InChI=1S/C53H79N9O18/c1-7-29(6)47(42(67)25-55-19-18-30-8-13-38(63)40(65)23-30)62-51(78)33(11-16-45(71)72)57-43(68)26-56-49(76)37(22-31-9-14-39(64)41(66)24-31)61-53(80)36(21-28(4)5)60-52(79)35(20-27(2)3)59-50(77)34(12-17-46(73)74)58-48(75)32(54)10-15-44(69)70/h8-9,13-14,23-24,27-29,32-37,47,55,63-66H,7,10-12,15-22,25-26,54H2,1-6H3,(H,56,76)(H,57,68)(H,58,75)(H,59,77)(H,60,79)(H,61,80)(H,62,78)(H,69,70)(H,71,72)(H,73,74)/t29-,32-,33-,34-,35-,36-,37-,47-/m0/s1. The lowest BCUT2D eigenvalue weighted by Crippen LogP contribution is -2.59. The molecule has 0 unspecified atom stereocenters. The Balaban J connectivity index is 2.35. The molecule has 444 valence electrons. The van der Waals surface area contributed by atoms with E-state index in [2.05, 4.69) is 42.5 Å². The number of aliphatic carboxylic acids is 3. The highest BCUT2D eigenvalue weighted by Gasteiger charge is 2.34. The summed E-state index contributed by atoms with van der Waals surface area (Å²) in [5, 5.41) is 87.8. The minimum absolute atomic E-state index is 0.0344. The van der Waals surface area contributed by atoms with Gasteiger partial charge in [-0.2, -0.15) is 0 Å². The number of carboxylic acid groups (broad SMARTS) is 3. The number of nitrogens with one attached hydrogen (secondary N) is 8. The van der Waals surface area contributed by atoms with Crippen molar-refractivity contribution in [3.63, 3.8) is 0 Å². The van der Waals surface area contributed by atoms with E-state index in [9.17, 15) is 83.4 Å². The number of nitrogens with two attached hydrogens (primary N) is 1. The molecule has 27 heteroatoms. The number of carboxylic acids is 3. The normalized spacial score (nSPS) is 14.2. The Labute approximate surface area is 463 Å². The number of aromatic hydroxyl groups is 4. The summed E-state index contributed by atoms with van der Waals surface area (Å²) in [6.07, 6.45) is -2.50. The highest BCUT2D eigenvalue weighted by molar-refractivity contribution is 5.98. The van der Waals surface area contributed by atoms with Gasteiger partial charge < -0.3 is 84.0 Å². The quantitative estimate of drug-likeness (QED) is 0.0301. The first-order valence-electron chi connectivity index (χ1n) is 26.3. The fraction of sp³-hybridized carbons (Fsp3) is 0.566. The van der Waals surface area contributed by atoms with Crippen LogP contribution >= 0.6 is 0 Å². The van der Waals surface area contributed by atoms with Crippen LogP contribution in [0.1, 0.15) is 110 Å². The Bertz CT molecular complexity index is 2490. The first-order chi connectivity index (χ1) is 37.5. The molecule has 0 fully saturated rings. The number of amides is 7. The number of phenols is 4. The van der Waals surface area contributed by atoms with Gasteiger partial charge in [0.25, 0.3) is 0 Å². The van der Waals surface area contributed by atoms with E-state index < -0.39 is 163 Å². The molecule has 0 aliphatic rings. The highest BCUT2D eigenvalue weighted by atomic mass is 16.4. The van der Waals surface area contributed by atoms with Crippen molar-refractivity contribution in [1.29, 1.82) is 0 Å². The summed E-state index contributed by atoms with van der Waals surface area (Å²) in [4.78, 5) is 144. The lowest BCUT2D eigenvalue weighted by Gasteiger charge is -2.28. The summed E-state index contributed by atoms with van der Waals surface area (Å²) in [5.41, 5.74) is 6.69. The Kier molecular flexibility index (Phi) is 29.0. The molecule has 8 atom stereocenters. The molecule has 27 nitrogen and oxygen atoms in total. The largest absolute Gasteiger partial charge is 0.504 e. The second kappa shape index (κ2) is 34.0. The fourth-order valence-electron chi connectivity index (χ4n) is 7.97. The molecule has 2 aromatic rings. The monoisotopic (exact) mass is 1130 g/mol. The summed E-state index contributed by atoms with van der Waals surface area (Å²) in [6, 6.07) is -2.04. The molecule has 0 spiro atoms. The van der Waals surface area contributed by atoms with Crippen molar-refractivity contribution < 1.29 is 88.5 Å². The smallest absolute Gasteiger partial charge is 0.303 e. The van der Waals surface area contributed by atoms with Crippen LogP contribution in [0.15, 0.2) is 36.4 Å². The molecule has 2 aromatic carbocycles. The number of carbonyl (C=O) groups is 11. The third kappa shape index (κ3) is 25.2. The van der Waals surface area contributed by atoms with Gasteiger partial charge in [0.1, 0.15) is 30.2 Å². The van der Waals surface area contributed by atoms with Crippen LogP contribution in [0, 0.1) is 17.8 Å². The fourth-order valence-corrected chi connectivity index (χ4v) is 7.97. The van der Waals surface area contributed by atoms with Crippen LogP contribution in [0.5, 0.6) is 23.0 Å². The zero-order valence-corrected chi connectivity index (χ0v) is 45.8. The van der Waals surface area contributed by atoms with Crippen LogP contribution < -0.4 is 48.3 Å². The Morgan fingerprint density at radius 2 is 0.938 bits per heavy atom. The van der Waals surface area contributed by atoms with Crippen LogP contribution in [-0.4, -0.2) is 163 Å². The van der Waals surface area contributed by atoms with E-state index >= 15 is 0 Å². The third-order valence-electron chi connectivity index (χ3n) is 12.6. The lowest BCUT2D eigenvalue weighted by molar-refractivity contribution is -0.139. The summed E-state index contributed by atoms with van der Waals surface area (Å²) in [6.45, 7) is 9.61. The van der Waals surface area contributed by atoms with Crippen molar-refractivity contribution in [3.05, 3.63) is 47.5 Å². The molecule has 7 amide bonds. The van der Waals surface area contributed by atoms with Crippen molar-refractivity contribution in [1.82, 2.24) is 42.5 Å². The Hall–Kier alpha value is -8.07. The maximum atomic E-state index is 14.2. The topological polar surface area (TPSA) is 452 Å². The van der Waals surface area contributed by atoms with E-state index in [-0.39, 0.29) is 67.7 Å². The maximum Gasteiger partial charge on any atom is 0.303 e. The van der Waals surface area contributed by atoms with Gasteiger partial charge in [0.2, 0.25) is 41.4 Å². The second-order valence-electron chi connectivity index (χ2n) is 20.4. The summed E-state index contributed by atoms with van der Waals surface area (Å²) in [7, 11) is 0. The third-order valence-corrected chi connectivity index (χ3v) is 12.6. The molecule has 2 rings (SSSR count). The molecule has 0 saturated heterocycles. The number of rotatable bonds is 37. The summed E-state index contributed by atoms with van der Waals surface area (Å²) >= 11 is 0. The van der Waals surface area contributed by atoms with Gasteiger partial charge in [0, 0.05) is 25.7 Å². The van der Waals surface area contributed by atoms with E-state index in [4.69, 9.17) is 10.8 Å². The maximum absolute atomic E-state index is 14.2. The number of phenolic OH excluding ortho intramolecular Hbond substituents is 4. The van der Waals surface area contributed by atoms with Crippen molar-refractivity contribution in [2.24, 2.45) is 23.5 Å². The zero-order valence-electron chi connectivity index (χ0n) is 45.8. The van der Waals surface area contributed by atoms with Crippen LogP contribution in [0.2, 0.25) is 0 Å². The number of ketones is 1. The molecule has 0 aromatic heterocycles. The predicted octanol–water partition coefficient (Wildman–Crippen LogP) is -0.462. The number of hydrogen-bond donors (Lipinski definition) is 16. The van der Waals surface area contributed by atoms with Crippen LogP contribution in [0.3, 0.4) is 0 Å². The molecule has 0 saturated carbocycles. The lowest BCUT2D eigenvalue weighted by atomic mass is 9.94. The van der Waals surface area contributed by atoms with Crippen LogP contribution in [0.4, 0.5) is 0 Å². The van der Waals surface area contributed by atoms with E-state index in [0.29, 0.717) is 18.4 Å². The Morgan fingerprint density at radius 1 is 0.500 bits per heavy atom. The van der Waals surface area contributed by atoms with Gasteiger partial charge in [-0.05, 0) is 98.2 Å². The number of benzene rings is 2. The van der Waals surface area contributed by atoms with Crippen molar-refractivity contribution in [2.45, 2.75) is 154 Å². The van der Waals surface area contributed by atoms with E-state index in [1.54, 1.807) is 47.6 Å². The van der Waals surface area contributed by atoms with E-state index in [1.807, 2.05) is 0 Å². The van der Waals surface area contributed by atoms with Crippen LogP contribution in [0.25, 0.3) is 0 Å². The van der Waals surface area contributed by atoms with E-state index in [1.165, 1.54) is 18.2 Å². The van der Waals surface area contributed by atoms with Gasteiger partial charge in [-0.1, -0.05) is 60.1 Å². The number of hydrogen-bond acceptors (Lipinski definition) is 17. The molecule has 0 heterocycles. The SMILES string of the molecule is CC[C@H](C)[C@H](NC(=O)[C@H](CCC(=O)O)NC(=O)CNC(=O)[C@H](Cc1ccc(O)c(O)c1)NC(=O)[C@H](CC(C)C)NC(=O)[C@H](CC(C)C)NC(=O)[C@H](CCC(=O)O)NC(=O)[C@@H](N)CCC(=O)O)C(=O)CNCCc1ccc(O)c(O)c1. The zero-order chi connectivity index (χ0) is 60.4. The molecule has 17 N–H and O–H groups in total. The predicted molar refractivity (Wildman–Crippen MR) is 286 cm³/mol. The average molecular weight is 1130 g/mol. The van der Waals surface area contributed by atoms with Crippen molar-refractivity contribution in [2.75, 3.05) is 19.6 Å². The van der Waals surface area contributed by atoms with Gasteiger partial charge in [-0.15, -0.1) is 0 Å².